The first-order valence-electron chi connectivity index (χ1n) is 10.8. The monoisotopic (exact) mass is 491 g/mol. The van der Waals surface area contributed by atoms with Gasteiger partial charge in [0.05, 0.1) is 17.5 Å². The Morgan fingerprint density at radius 2 is 1.71 bits per heavy atom. The van der Waals surface area contributed by atoms with Crippen molar-refractivity contribution in [1.82, 2.24) is 4.72 Å². The van der Waals surface area contributed by atoms with Crippen LogP contribution in [0.15, 0.2) is 59.5 Å². The molecule has 2 aromatic rings. The van der Waals surface area contributed by atoms with E-state index >= 15 is 0 Å². The van der Waals surface area contributed by atoms with Crippen molar-refractivity contribution in [2.75, 3.05) is 6.61 Å². The highest BCUT2D eigenvalue weighted by Crippen LogP contribution is 2.27. The summed E-state index contributed by atoms with van der Waals surface area (Å²) in [7, 11) is -3.95. The molecule has 4 atom stereocenters. The maximum absolute atomic E-state index is 13.1. The van der Waals surface area contributed by atoms with Crippen LogP contribution in [0.3, 0.4) is 0 Å². The second-order valence-electron chi connectivity index (χ2n) is 8.05. The van der Waals surface area contributed by atoms with Gasteiger partial charge in [0.15, 0.2) is 6.29 Å². The summed E-state index contributed by atoms with van der Waals surface area (Å²) in [5, 5.41) is 0. The minimum Gasteiger partial charge on any atom is -0.463 e. The Labute approximate surface area is 199 Å². The summed E-state index contributed by atoms with van der Waals surface area (Å²) in [5.41, 5.74) is 1.82. The molecule has 1 aliphatic rings. The summed E-state index contributed by atoms with van der Waals surface area (Å²) >= 11 is 0. The number of nitrogens with one attached hydrogen (secondary N) is 1. The van der Waals surface area contributed by atoms with Gasteiger partial charge in [0.25, 0.3) is 0 Å². The summed E-state index contributed by atoms with van der Waals surface area (Å²) < 4.78 is 51.1. The minimum atomic E-state index is -3.95. The maximum Gasteiger partial charge on any atom is 0.303 e. The lowest BCUT2D eigenvalue weighted by atomic mass is 9.99. The maximum atomic E-state index is 13.1. The van der Waals surface area contributed by atoms with Gasteiger partial charge >= 0.3 is 11.9 Å². The van der Waals surface area contributed by atoms with Crippen LogP contribution in [0.4, 0.5) is 0 Å². The summed E-state index contributed by atoms with van der Waals surface area (Å²) in [6, 6.07) is 14.9. The molecule has 2 aromatic carbocycles. The lowest BCUT2D eigenvalue weighted by Crippen LogP contribution is -2.58. The van der Waals surface area contributed by atoms with E-state index in [2.05, 4.69) is 4.72 Å². The molecule has 10 heteroatoms. The smallest absolute Gasteiger partial charge is 0.303 e. The van der Waals surface area contributed by atoms with Gasteiger partial charge in [0.1, 0.15) is 18.8 Å². The van der Waals surface area contributed by atoms with E-state index in [1.165, 1.54) is 26.0 Å². The molecular formula is C24H29NO8S. The van der Waals surface area contributed by atoms with E-state index in [-0.39, 0.29) is 24.5 Å². The summed E-state index contributed by atoms with van der Waals surface area (Å²) in [4.78, 5) is 23.3. The van der Waals surface area contributed by atoms with Crippen molar-refractivity contribution in [3.8, 4) is 0 Å². The number of sulfonamides is 1. The zero-order valence-electron chi connectivity index (χ0n) is 19.3. The zero-order chi connectivity index (χ0) is 24.7. The summed E-state index contributed by atoms with van der Waals surface area (Å²) in [6.07, 6.45) is -2.73. The van der Waals surface area contributed by atoms with Crippen molar-refractivity contribution >= 4 is 22.0 Å². The van der Waals surface area contributed by atoms with Gasteiger partial charge in [-0.2, -0.15) is 0 Å². The Morgan fingerprint density at radius 1 is 1.03 bits per heavy atom. The number of esters is 2. The third-order valence-electron chi connectivity index (χ3n) is 5.21. The fourth-order valence-corrected chi connectivity index (χ4v) is 4.84. The van der Waals surface area contributed by atoms with Gasteiger partial charge in [-0.3, -0.25) is 9.59 Å². The fourth-order valence-electron chi connectivity index (χ4n) is 3.58. The second-order valence-corrected chi connectivity index (χ2v) is 9.77. The zero-order valence-corrected chi connectivity index (χ0v) is 20.1. The normalized spacial score (nSPS) is 22.7. The molecule has 1 N–H and O–H groups in total. The lowest BCUT2D eigenvalue weighted by molar-refractivity contribution is -0.247. The molecule has 184 valence electrons. The molecule has 0 aromatic heterocycles. The number of rotatable bonds is 9. The Morgan fingerprint density at radius 3 is 2.32 bits per heavy atom. The molecule has 1 fully saturated rings. The van der Waals surface area contributed by atoms with Crippen LogP contribution in [0, 0.1) is 6.92 Å². The van der Waals surface area contributed by atoms with Crippen molar-refractivity contribution in [1.29, 1.82) is 0 Å². The first kappa shape index (κ1) is 25.8. The number of hydrogen-bond acceptors (Lipinski definition) is 8. The topological polar surface area (TPSA) is 117 Å². The van der Waals surface area contributed by atoms with Crippen LogP contribution in [0.1, 0.15) is 31.4 Å². The standard InChI is InChI=1S/C24H29NO8S/c1-16-9-11-20(12-10-16)34(28,29)25-21-13-23(31-14-19-7-5-4-6-8-19)33-22(15-30-17(2)26)24(21)32-18(3)27/h4-12,21-25H,13-15H2,1-3H3/t21-,22+,23-,24+/m0/s1. The average Bonchev–Trinajstić information content (AvgIpc) is 2.78. The lowest BCUT2D eigenvalue weighted by Gasteiger charge is -2.40. The highest BCUT2D eigenvalue weighted by Gasteiger charge is 2.44. The van der Waals surface area contributed by atoms with Crippen LogP contribution in [0.25, 0.3) is 0 Å². The number of hydrogen-bond donors (Lipinski definition) is 1. The first-order chi connectivity index (χ1) is 16.1. The largest absolute Gasteiger partial charge is 0.463 e. The third-order valence-corrected chi connectivity index (χ3v) is 6.71. The Kier molecular flexibility index (Phi) is 8.78. The molecule has 0 saturated carbocycles. The van der Waals surface area contributed by atoms with Crippen LogP contribution in [0.2, 0.25) is 0 Å². The van der Waals surface area contributed by atoms with Gasteiger partial charge in [0.2, 0.25) is 10.0 Å². The van der Waals surface area contributed by atoms with Crippen molar-refractivity contribution in [3.05, 3.63) is 65.7 Å². The van der Waals surface area contributed by atoms with Crippen LogP contribution >= 0.6 is 0 Å². The number of aryl methyl sites for hydroxylation is 1. The first-order valence-corrected chi connectivity index (χ1v) is 12.3. The highest BCUT2D eigenvalue weighted by atomic mass is 32.2. The van der Waals surface area contributed by atoms with Crippen molar-refractivity contribution in [2.24, 2.45) is 0 Å². The molecule has 0 bridgehead atoms. The van der Waals surface area contributed by atoms with Gasteiger partial charge in [0, 0.05) is 20.3 Å². The van der Waals surface area contributed by atoms with Gasteiger partial charge < -0.3 is 18.9 Å². The fraction of sp³-hybridized carbons (Fsp3) is 0.417. The van der Waals surface area contributed by atoms with Gasteiger partial charge in [-0.1, -0.05) is 48.0 Å². The molecule has 0 radical (unpaired) electrons. The summed E-state index contributed by atoms with van der Waals surface area (Å²) in [5.74, 6) is -1.17. The van der Waals surface area contributed by atoms with Crippen LogP contribution in [-0.4, -0.2) is 51.5 Å². The molecule has 9 nitrogen and oxygen atoms in total. The molecule has 0 aliphatic carbocycles. The van der Waals surface area contributed by atoms with Gasteiger partial charge in [-0.15, -0.1) is 0 Å². The van der Waals surface area contributed by atoms with E-state index in [1.54, 1.807) is 12.1 Å². The van der Waals surface area contributed by atoms with E-state index in [9.17, 15) is 18.0 Å². The number of ether oxygens (including phenoxy) is 4. The van der Waals surface area contributed by atoms with Crippen LogP contribution in [0.5, 0.6) is 0 Å². The van der Waals surface area contributed by atoms with E-state index in [0.29, 0.717) is 0 Å². The number of benzene rings is 2. The third kappa shape index (κ3) is 7.36. The van der Waals surface area contributed by atoms with Crippen molar-refractivity contribution in [3.63, 3.8) is 0 Å². The number of carbonyl (C=O) groups is 2. The van der Waals surface area contributed by atoms with Gasteiger partial charge in [-0.25, -0.2) is 13.1 Å². The molecule has 1 aliphatic heterocycles. The highest BCUT2D eigenvalue weighted by molar-refractivity contribution is 7.89. The Hall–Kier alpha value is -2.79. The van der Waals surface area contributed by atoms with Crippen molar-refractivity contribution < 1.29 is 37.0 Å². The Bertz CT molecular complexity index is 1070. The molecule has 0 amide bonds. The van der Waals surface area contributed by atoms with E-state index in [1.807, 2.05) is 37.3 Å². The second kappa shape index (κ2) is 11.6. The minimum absolute atomic E-state index is 0.0736. The van der Waals surface area contributed by atoms with E-state index < -0.39 is 46.5 Å². The molecule has 0 spiro atoms. The van der Waals surface area contributed by atoms with E-state index in [0.717, 1.165) is 11.1 Å². The molecular weight excluding hydrogens is 462 g/mol. The van der Waals surface area contributed by atoms with Crippen molar-refractivity contribution in [2.45, 2.75) is 63.2 Å². The molecule has 1 heterocycles. The Balaban J connectivity index is 1.84. The molecule has 1 saturated heterocycles. The molecule has 0 unspecified atom stereocenters. The quantitative estimate of drug-likeness (QED) is 0.532. The average molecular weight is 492 g/mol. The number of carbonyl (C=O) groups excluding carboxylic acids is 2. The van der Waals surface area contributed by atoms with Gasteiger partial charge in [-0.05, 0) is 24.6 Å². The predicted molar refractivity (Wildman–Crippen MR) is 122 cm³/mol. The van der Waals surface area contributed by atoms with E-state index in [4.69, 9.17) is 18.9 Å². The predicted octanol–water partition coefficient (Wildman–Crippen LogP) is 2.47. The van der Waals surface area contributed by atoms with Crippen LogP contribution < -0.4 is 4.72 Å². The van der Waals surface area contributed by atoms with Crippen LogP contribution in [-0.2, 0) is 45.2 Å². The SMILES string of the molecule is CC(=O)OC[C@H]1O[C@H](OCc2ccccc2)C[C@H](NS(=O)(=O)c2ccc(C)cc2)[C@H]1OC(C)=O. The molecule has 3 rings (SSSR count). The summed E-state index contributed by atoms with van der Waals surface area (Å²) in [6.45, 7) is 4.30. The molecule has 34 heavy (non-hydrogen) atoms.